The predicted octanol–water partition coefficient (Wildman–Crippen LogP) is 3.99. The normalized spacial score (nSPS) is 11.2. The Kier molecular flexibility index (Phi) is 4.71. The fourth-order valence-electron chi connectivity index (χ4n) is 2.29. The van der Waals surface area contributed by atoms with Gasteiger partial charge in [-0.3, -0.25) is 4.31 Å². The highest BCUT2D eigenvalue weighted by atomic mass is 32.2. The molecular weight excluding hydrogens is 294 g/mol. The van der Waals surface area contributed by atoms with Gasteiger partial charge in [0.25, 0.3) is 10.0 Å². The predicted molar refractivity (Wildman–Crippen MR) is 91.8 cm³/mol. The number of rotatable bonds is 5. The van der Waals surface area contributed by atoms with E-state index in [0.717, 1.165) is 16.7 Å². The van der Waals surface area contributed by atoms with Crippen LogP contribution >= 0.6 is 0 Å². The van der Waals surface area contributed by atoms with Gasteiger partial charge >= 0.3 is 0 Å². The van der Waals surface area contributed by atoms with Gasteiger partial charge in [-0.1, -0.05) is 35.9 Å². The highest BCUT2D eigenvalue weighted by Gasteiger charge is 2.25. The molecule has 0 atom stereocenters. The molecule has 2 aromatic rings. The van der Waals surface area contributed by atoms with Crippen molar-refractivity contribution in [2.75, 3.05) is 10.8 Å². The molecule has 22 heavy (non-hydrogen) atoms. The molecule has 3 nitrogen and oxygen atoms in total. The van der Waals surface area contributed by atoms with Crippen molar-refractivity contribution < 1.29 is 8.42 Å². The van der Waals surface area contributed by atoms with Crippen molar-refractivity contribution in [2.45, 2.75) is 25.7 Å². The van der Waals surface area contributed by atoms with E-state index in [-0.39, 0.29) is 6.54 Å². The molecule has 0 bridgehead atoms. The Balaban J connectivity index is 2.58. The van der Waals surface area contributed by atoms with Gasteiger partial charge in [0, 0.05) is 0 Å². The highest BCUT2D eigenvalue weighted by molar-refractivity contribution is 7.92. The second-order valence-corrected chi connectivity index (χ2v) is 7.22. The van der Waals surface area contributed by atoms with Gasteiger partial charge in [-0.05, 0) is 50.1 Å². The minimum absolute atomic E-state index is 0.237. The zero-order valence-electron chi connectivity index (χ0n) is 13.2. The van der Waals surface area contributed by atoms with Crippen LogP contribution in [0.4, 0.5) is 5.69 Å². The van der Waals surface area contributed by atoms with Gasteiger partial charge in [-0.15, -0.1) is 6.58 Å². The molecule has 0 unspecified atom stereocenters. The summed E-state index contributed by atoms with van der Waals surface area (Å²) in [6.45, 7) is 9.77. The Hall–Kier alpha value is -2.07. The standard InChI is InChI=1S/C18H21NO2S/c1-5-13-19(18-8-6-7-15(3)16(18)4)22(20,21)17-11-9-14(2)10-12-17/h5-12H,1,13H2,2-4H3. The minimum Gasteiger partial charge on any atom is -0.262 e. The molecule has 4 heteroatoms. The lowest BCUT2D eigenvalue weighted by molar-refractivity contribution is 0.592. The van der Waals surface area contributed by atoms with E-state index in [4.69, 9.17) is 0 Å². The summed E-state index contributed by atoms with van der Waals surface area (Å²) in [5, 5.41) is 0. The van der Waals surface area contributed by atoms with Crippen LogP contribution in [0.15, 0.2) is 60.0 Å². The number of hydrogen-bond acceptors (Lipinski definition) is 2. The van der Waals surface area contributed by atoms with Gasteiger partial charge < -0.3 is 0 Å². The van der Waals surface area contributed by atoms with Crippen molar-refractivity contribution >= 4 is 15.7 Å². The van der Waals surface area contributed by atoms with Crippen LogP contribution < -0.4 is 4.31 Å². The fraction of sp³-hybridized carbons (Fsp3) is 0.222. The molecule has 0 aliphatic carbocycles. The lowest BCUT2D eigenvalue weighted by Gasteiger charge is -2.25. The van der Waals surface area contributed by atoms with E-state index in [1.807, 2.05) is 51.1 Å². The van der Waals surface area contributed by atoms with Crippen molar-refractivity contribution in [1.82, 2.24) is 0 Å². The number of nitrogens with zero attached hydrogens (tertiary/aromatic N) is 1. The minimum atomic E-state index is -3.61. The SMILES string of the molecule is C=CCN(c1cccc(C)c1C)S(=O)(=O)c1ccc(C)cc1. The first-order valence-electron chi connectivity index (χ1n) is 7.14. The third-order valence-electron chi connectivity index (χ3n) is 3.75. The monoisotopic (exact) mass is 315 g/mol. The van der Waals surface area contributed by atoms with Crippen LogP contribution in [0.3, 0.4) is 0 Å². The Morgan fingerprint density at radius 1 is 1.05 bits per heavy atom. The summed E-state index contributed by atoms with van der Waals surface area (Å²) in [5.41, 5.74) is 3.74. The molecule has 2 aromatic carbocycles. The number of sulfonamides is 1. The number of hydrogen-bond donors (Lipinski definition) is 0. The number of benzene rings is 2. The molecule has 0 radical (unpaired) electrons. The molecule has 0 heterocycles. The van der Waals surface area contributed by atoms with E-state index in [9.17, 15) is 8.42 Å². The average molecular weight is 315 g/mol. The largest absolute Gasteiger partial charge is 0.264 e. The molecule has 116 valence electrons. The summed E-state index contributed by atoms with van der Waals surface area (Å²) in [6, 6.07) is 12.6. The zero-order chi connectivity index (χ0) is 16.3. The molecule has 0 fully saturated rings. The second-order valence-electron chi connectivity index (χ2n) is 5.36. The van der Waals surface area contributed by atoms with E-state index < -0.39 is 10.0 Å². The maximum atomic E-state index is 13.0. The topological polar surface area (TPSA) is 37.4 Å². The first-order chi connectivity index (χ1) is 10.4. The third kappa shape index (κ3) is 3.07. The Morgan fingerprint density at radius 3 is 2.27 bits per heavy atom. The van der Waals surface area contributed by atoms with E-state index in [0.29, 0.717) is 10.6 Å². The van der Waals surface area contributed by atoms with Crippen LogP contribution in [0.25, 0.3) is 0 Å². The summed E-state index contributed by atoms with van der Waals surface area (Å²) in [4.78, 5) is 0.292. The summed E-state index contributed by atoms with van der Waals surface area (Å²) in [6.07, 6.45) is 1.60. The van der Waals surface area contributed by atoms with Gasteiger partial charge in [-0.25, -0.2) is 8.42 Å². The molecule has 0 aromatic heterocycles. The van der Waals surface area contributed by atoms with Crippen LogP contribution in [0.2, 0.25) is 0 Å². The van der Waals surface area contributed by atoms with Crippen LogP contribution in [0.5, 0.6) is 0 Å². The van der Waals surface area contributed by atoms with Gasteiger partial charge in [-0.2, -0.15) is 0 Å². The maximum absolute atomic E-state index is 13.0. The molecule has 0 N–H and O–H groups in total. The number of anilines is 1. The van der Waals surface area contributed by atoms with Crippen LogP contribution in [-0.4, -0.2) is 15.0 Å². The average Bonchev–Trinajstić information content (AvgIpc) is 2.48. The maximum Gasteiger partial charge on any atom is 0.264 e. The molecule has 0 aliphatic heterocycles. The van der Waals surface area contributed by atoms with Crippen molar-refractivity contribution in [3.05, 3.63) is 71.8 Å². The van der Waals surface area contributed by atoms with Crippen molar-refractivity contribution in [3.8, 4) is 0 Å². The first-order valence-corrected chi connectivity index (χ1v) is 8.58. The lowest BCUT2D eigenvalue weighted by atomic mass is 10.1. The van der Waals surface area contributed by atoms with Gasteiger partial charge in [0.1, 0.15) is 0 Å². The van der Waals surface area contributed by atoms with Crippen molar-refractivity contribution in [1.29, 1.82) is 0 Å². The molecule has 0 saturated carbocycles. The second kappa shape index (κ2) is 6.36. The van der Waals surface area contributed by atoms with Crippen LogP contribution in [0.1, 0.15) is 16.7 Å². The van der Waals surface area contributed by atoms with Crippen LogP contribution in [0, 0.1) is 20.8 Å². The zero-order valence-corrected chi connectivity index (χ0v) is 14.0. The first kappa shape index (κ1) is 16.3. The van der Waals surface area contributed by atoms with Crippen molar-refractivity contribution in [2.24, 2.45) is 0 Å². The summed E-state index contributed by atoms with van der Waals surface area (Å²) in [7, 11) is -3.61. The van der Waals surface area contributed by atoms with E-state index >= 15 is 0 Å². The molecule has 0 spiro atoms. The molecule has 0 aliphatic rings. The number of aryl methyl sites for hydroxylation is 2. The quantitative estimate of drug-likeness (QED) is 0.782. The Bertz CT molecular complexity index is 777. The van der Waals surface area contributed by atoms with E-state index in [1.165, 1.54) is 4.31 Å². The Morgan fingerprint density at radius 2 is 1.68 bits per heavy atom. The summed E-state index contributed by atoms with van der Waals surface area (Å²) >= 11 is 0. The van der Waals surface area contributed by atoms with Gasteiger partial charge in [0.15, 0.2) is 0 Å². The smallest absolute Gasteiger partial charge is 0.262 e. The summed E-state index contributed by atoms with van der Waals surface area (Å²) < 4.78 is 27.4. The van der Waals surface area contributed by atoms with E-state index in [2.05, 4.69) is 6.58 Å². The van der Waals surface area contributed by atoms with E-state index in [1.54, 1.807) is 18.2 Å². The molecule has 2 rings (SSSR count). The fourth-order valence-corrected chi connectivity index (χ4v) is 3.78. The molecule has 0 saturated heterocycles. The van der Waals surface area contributed by atoms with Gasteiger partial charge in [0.2, 0.25) is 0 Å². The van der Waals surface area contributed by atoms with Crippen molar-refractivity contribution in [3.63, 3.8) is 0 Å². The molecular formula is C18H21NO2S. The Labute approximate surface area is 133 Å². The highest BCUT2D eigenvalue weighted by Crippen LogP contribution is 2.28. The van der Waals surface area contributed by atoms with Crippen LogP contribution in [-0.2, 0) is 10.0 Å². The molecule has 0 amide bonds. The lowest BCUT2D eigenvalue weighted by Crippen LogP contribution is -2.31. The third-order valence-corrected chi connectivity index (χ3v) is 5.54. The van der Waals surface area contributed by atoms with Gasteiger partial charge in [0.05, 0.1) is 17.1 Å². The summed E-state index contributed by atoms with van der Waals surface area (Å²) in [5.74, 6) is 0.